The molecule has 2 N–H and O–H groups in total. The number of fused-ring (bicyclic) bond motifs is 2. The molecule has 4 rings (SSSR count). The van der Waals surface area contributed by atoms with Crippen molar-refractivity contribution in [2.75, 3.05) is 5.73 Å². The van der Waals surface area contributed by atoms with Crippen LogP contribution in [-0.2, 0) is 4.74 Å². The van der Waals surface area contributed by atoms with E-state index in [0.29, 0.717) is 22.2 Å². The second kappa shape index (κ2) is 6.33. The van der Waals surface area contributed by atoms with Gasteiger partial charge in [0.15, 0.2) is 0 Å². The van der Waals surface area contributed by atoms with Crippen LogP contribution in [-0.4, -0.2) is 11.9 Å². The van der Waals surface area contributed by atoms with Gasteiger partial charge >= 0.3 is 11.9 Å². The van der Waals surface area contributed by atoms with E-state index in [1.165, 1.54) is 0 Å². The molecule has 0 aliphatic heterocycles. The van der Waals surface area contributed by atoms with E-state index in [4.69, 9.17) is 10.5 Å². The Morgan fingerprint density at radius 2 is 1.15 bits per heavy atom. The largest absolute Gasteiger partial charge is 0.398 e. The van der Waals surface area contributed by atoms with Crippen molar-refractivity contribution >= 4 is 39.2 Å². The number of anilines is 1. The van der Waals surface area contributed by atoms with Crippen LogP contribution in [0.1, 0.15) is 20.7 Å². The Hall–Kier alpha value is -3.66. The minimum Gasteiger partial charge on any atom is -0.398 e. The minimum absolute atomic E-state index is 0.309. The van der Waals surface area contributed by atoms with Crippen molar-refractivity contribution in [2.45, 2.75) is 0 Å². The highest BCUT2D eigenvalue weighted by molar-refractivity contribution is 6.13. The van der Waals surface area contributed by atoms with Crippen LogP contribution in [0, 0.1) is 0 Å². The van der Waals surface area contributed by atoms with Gasteiger partial charge in [0.25, 0.3) is 0 Å². The molecule has 0 aromatic heterocycles. The third-order valence-electron chi connectivity index (χ3n) is 4.37. The lowest BCUT2D eigenvalue weighted by Gasteiger charge is -2.09. The smallest absolute Gasteiger partial charge is 0.346 e. The number of benzene rings is 4. The Morgan fingerprint density at radius 3 is 1.96 bits per heavy atom. The molecule has 0 radical (unpaired) electrons. The van der Waals surface area contributed by atoms with Gasteiger partial charge in [-0.15, -0.1) is 0 Å². The van der Waals surface area contributed by atoms with Gasteiger partial charge in [-0.25, -0.2) is 9.59 Å². The third-order valence-corrected chi connectivity index (χ3v) is 4.37. The average molecular weight is 341 g/mol. The van der Waals surface area contributed by atoms with Crippen LogP contribution in [0.3, 0.4) is 0 Å². The van der Waals surface area contributed by atoms with Crippen molar-refractivity contribution in [3.05, 3.63) is 90.0 Å². The summed E-state index contributed by atoms with van der Waals surface area (Å²) in [6.07, 6.45) is 0. The number of hydrogen-bond donors (Lipinski definition) is 1. The van der Waals surface area contributed by atoms with E-state index in [1.54, 1.807) is 42.5 Å². The molecule has 0 fully saturated rings. The minimum atomic E-state index is -0.695. The fourth-order valence-corrected chi connectivity index (χ4v) is 3.11. The van der Waals surface area contributed by atoms with Gasteiger partial charge < -0.3 is 10.5 Å². The number of hydrogen-bond acceptors (Lipinski definition) is 4. The molecule has 4 aromatic carbocycles. The van der Waals surface area contributed by atoms with E-state index in [1.807, 2.05) is 36.4 Å². The molecule has 0 aliphatic rings. The molecule has 126 valence electrons. The quantitative estimate of drug-likeness (QED) is 0.329. The van der Waals surface area contributed by atoms with Crippen LogP contribution < -0.4 is 5.73 Å². The number of carbonyl (C=O) groups is 2. The first-order chi connectivity index (χ1) is 12.6. The number of ether oxygens (including phenoxy) is 1. The Balaban J connectivity index is 1.71. The van der Waals surface area contributed by atoms with Gasteiger partial charge in [-0.05, 0) is 34.4 Å². The third kappa shape index (κ3) is 2.67. The molecular weight excluding hydrogens is 326 g/mol. The number of nitrogens with two attached hydrogens (primary N) is 1. The maximum absolute atomic E-state index is 12.6. The van der Waals surface area contributed by atoms with E-state index in [-0.39, 0.29) is 0 Å². The molecule has 0 aliphatic carbocycles. The standard InChI is InChI=1S/C22H15NO3/c23-20-13-5-9-16-17(20)10-4-12-19(16)22(25)26-21(24)18-11-3-7-14-6-1-2-8-15(14)18/h1-13H,23H2. The van der Waals surface area contributed by atoms with E-state index in [9.17, 15) is 9.59 Å². The molecule has 0 amide bonds. The Morgan fingerprint density at radius 1 is 0.615 bits per heavy atom. The lowest BCUT2D eigenvalue weighted by molar-refractivity contribution is 0.0400. The number of nitrogen functional groups attached to an aromatic ring is 1. The molecule has 4 nitrogen and oxygen atoms in total. The summed E-state index contributed by atoms with van der Waals surface area (Å²) >= 11 is 0. The van der Waals surface area contributed by atoms with Crippen molar-refractivity contribution in [1.29, 1.82) is 0 Å². The Kier molecular flexibility index (Phi) is 3.86. The van der Waals surface area contributed by atoms with Gasteiger partial charge in [-0.3, -0.25) is 0 Å². The van der Waals surface area contributed by atoms with E-state index in [2.05, 4.69) is 0 Å². The summed E-state index contributed by atoms with van der Waals surface area (Å²) in [6.45, 7) is 0. The summed E-state index contributed by atoms with van der Waals surface area (Å²) in [5, 5.41) is 3.06. The number of carbonyl (C=O) groups excluding carboxylic acids is 2. The topological polar surface area (TPSA) is 69.4 Å². The predicted octanol–water partition coefficient (Wildman–Crippen LogP) is 4.57. The van der Waals surface area contributed by atoms with Crippen LogP contribution in [0.2, 0.25) is 0 Å². The SMILES string of the molecule is Nc1cccc2c(C(=O)OC(=O)c3cccc4ccccc34)cccc12. The van der Waals surface area contributed by atoms with Crippen LogP contribution in [0.25, 0.3) is 21.5 Å². The summed E-state index contributed by atoms with van der Waals surface area (Å²) in [4.78, 5) is 25.2. The van der Waals surface area contributed by atoms with Crippen LogP contribution in [0.15, 0.2) is 78.9 Å². The first-order valence-electron chi connectivity index (χ1n) is 8.16. The van der Waals surface area contributed by atoms with E-state index >= 15 is 0 Å². The first-order valence-corrected chi connectivity index (χ1v) is 8.16. The van der Waals surface area contributed by atoms with Crippen molar-refractivity contribution in [1.82, 2.24) is 0 Å². The molecule has 0 atom stereocenters. The van der Waals surface area contributed by atoms with Gasteiger partial charge in [0.2, 0.25) is 0 Å². The molecule has 0 heterocycles. The summed E-state index contributed by atoms with van der Waals surface area (Å²) in [5.74, 6) is -1.37. The molecule has 0 saturated heterocycles. The van der Waals surface area contributed by atoms with Crippen LogP contribution in [0.4, 0.5) is 5.69 Å². The van der Waals surface area contributed by atoms with Crippen LogP contribution >= 0.6 is 0 Å². The van der Waals surface area contributed by atoms with Crippen molar-refractivity contribution in [3.8, 4) is 0 Å². The maximum Gasteiger partial charge on any atom is 0.346 e. The van der Waals surface area contributed by atoms with Crippen molar-refractivity contribution < 1.29 is 14.3 Å². The highest BCUT2D eigenvalue weighted by Crippen LogP contribution is 2.25. The second-order valence-corrected chi connectivity index (χ2v) is 5.95. The first kappa shape index (κ1) is 15.8. The predicted molar refractivity (Wildman–Crippen MR) is 102 cm³/mol. The highest BCUT2D eigenvalue weighted by Gasteiger charge is 2.19. The number of esters is 2. The molecular formula is C22H15NO3. The van der Waals surface area contributed by atoms with Gasteiger partial charge in [0.1, 0.15) is 0 Å². The van der Waals surface area contributed by atoms with Crippen molar-refractivity contribution in [2.24, 2.45) is 0 Å². The lowest BCUT2D eigenvalue weighted by Crippen LogP contribution is -2.13. The summed E-state index contributed by atoms with van der Waals surface area (Å²) < 4.78 is 5.16. The monoisotopic (exact) mass is 341 g/mol. The Bertz CT molecular complexity index is 1160. The summed E-state index contributed by atoms with van der Waals surface area (Å²) in [7, 11) is 0. The zero-order valence-corrected chi connectivity index (χ0v) is 13.8. The molecule has 4 aromatic rings. The van der Waals surface area contributed by atoms with Gasteiger partial charge in [-0.1, -0.05) is 60.7 Å². The summed E-state index contributed by atoms with van der Waals surface area (Å²) in [5.41, 5.74) is 7.19. The zero-order chi connectivity index (χ0) is 18.1. The Labute approximate surface area is 149 Å². The van der Waals surface area contributed by atoms with Gasteiger partial charge in [0, 0.05) is 11.1 Å². The molecule has 4 heteroatoms. The molecule has 0 bridgehead atoms. The van der Waals surface area contributed by atoms with Crippen molar-refractivity contribution in [3.63, 3.8) is 0 Å². The normalized spacial score (nSPS) is 10.8. The molecule has 0 spiro atoms. The van der Waals surface area contributed by atoms with E-state index < -0.39 is 11.9 Å². The summed E-state index contributed by atoms with van der Waals surface area (Å²) in [6, 6.07) is 23.3. The fourth-order valence-electron chi connectivity index (χ4n) is 3.11. The molecule has 26 heavy (non-hydrogen) atoms. The zero-order valence-electron chi connectivity index (χ0n) is 13.8. The maximum atomic E-state index is 12.6. The molecule has 0 saturated carbocycles. The second-order valence-electron chi connectivity index (χ2n) is 5.95. The van der Waals surface area contributed by atoms with E-state index in [0.717, 1.165) is 16.2 Å². The van der Waals surface area contributed by atoms with Gasteiger partial charge in [0.05, 0.1) is 11.1 Å². The van der Waals surface area contributed by atoms with Crippen LogP contribution in [0.5, 0.6) is 0 Å². The fraction of sp³-hybridized carbons (Fsp3) is 0. The number of rotatable bonds is 2. The lowest BCUT2D eigenvalue weighted by atomic mass is 10.0. The molecule has 0 unspecified atom stereocenters. The van der Waals surface area contributed by atoms with Gasteiger partial charge in [-0.2, -0.15) is 0 Å². The average Bonchev–Trinajstić information content (AvgIpc) is 2.67. The highest BCUT2D eigenvalue weighted by atomic mass is 16.6.